The molecule has 18 heavy (non-hydrogen) atoms. The van der Waals surface area contributed by atoms with E-state index < -0.39 is 5.79 Å². The summed E-state index contributed by atoms with van der Waals surface area (Å²) < 4.78 is 0. The van der Waals surface area contributed by atoms with Gasteiger partial charge in [-0.15, -0.1) is 15.4 Å². The van der Waals surface area contributed by atoms with Crippen LogP contribution in [0.5, 0.6) is 0 Å². The standard InChI is InChI=1S/C15H15O2P/c1-2-4-12-5-3-6-13(14(12)18)11-7-9-15(16,17)10-8-11/h2-3,5-10,16-18H,1,4H2. The maximum Gasteiger partial charge on any atom is 0.203 e. The minimum absolute atomic E-state index is 0.789. The molecular weight excluding hydrogens is 243 g/mol. The SMILES string of the molecule is C=CCC1=CC=CC(=C2C=CC(O)(O)C=C2)C1=P. The van der Waals surface area contributed by atoms with Crippen molar-refractivity contribution in [3.63, 3.8) is 0 Å². The van der Waals surface area contributed by atoms with Crippen molar-refractivity contribution in [1.29, 1.82) is 0 Å². The second-order valence-electron chi connectivity index (χ2n) is 4.24. The van der Waals surface area contributed by atoms with Gasteiger partial charge in [0.05, 0.1) is 0 Å². The van der Waals surface area contributed by atoms with Gasteiger partial charge >= 0.3 is 0 Å². The van der Waals surface area contributed by atoms with Gasteiger partial charge in [0.15, 0.2) is 0 Å². The van der Waals surface area contributed by atoms with Crippen molar-refractivity contribution < 1.29 is 10.2 Å². The summed E-state index contributed by atoms with van der Waals surface area (Å²) in [7, 11) is 3.64. The van der Waals surface area contributed by atoms with E-state index >= 15 is 0 Å². The molecular formula is C15H15O2P. The minimum Gasteiger partial charge on any atom is -0.359 e. The van der Waals surface area contributed by atoms with Gasteiger partial charge in [-0.1, -0.05) is 36.5 Å². The summed E-state index contributed by atoms with van der Waals surface area (Å²) in [6, 6.07) is 0. The lowest BCUT2D eigenvalue weighted by Crippen LogP contribution is -2.23. The van der Waals surface area contributed by atoms with Crippen molar-refractivity contribution in [2.24, 2.45) is 0 Å². The molecule has 3 heteroatoms. The van der Waals surface area contributed by atoms with Gasteiger partial charge in [-0.3, -0.25) is 0 Å². The summed E-state index contributed by atoms with van der Waals surface area (Å²) in [6.45, 7) is 3.74. The molecule has 0 aliphatic heterocycles. The summed E-state index contributed by atoms with van der Waals surface area (Å²) in [5, 5.41) is 19.8. The molecule has 0 spiro atoms. The first-order valence-electron chi connectivity index (χ1n) is 5.68. The van der Waals surface area contributed by atoms with Crippen LogP contribution in [-0.4, -0.2) is 21.3 Å². The molecule has 0 saturated heterocycles. The van der Waals surface area contributed by atoms with Crippen LogP contribution in [-0.2, 0) is 0 Å². The van der Waals surface area contributed by atoms with Crippen LogP contribution in [0.1, 0.15) is 6.42 Å². The first kappa shape index (κ1) is 13.0. The van der Waals surface area contributed by atoms with Crippen LogP contribution >= 0.6 is 8.86 Å². The Morgan fingerprint density at radius 1 is 1.22 bits per heavy atom. The Labute approximate surface area is 109 Å². The zero-order chi connectivity index (χ0) is 13.2. The number of rotatable bonds is 2. The summed E-state index contributed by atoms with van der Waals surface area (Å²) in [6.07, 6.45) is 14.8. The van der Waals surface area contributed by atoms with Gasteiger partial charge in [0, 0.05) is 5.29 Å². The Bertz CT molecular complexity index is 525. The van der Waals surface area contributed by atoms with Crippen LogP contribution in [0.4, 0.5) is 0 Å². The third kappa shape index (κ3) is 2.68. The molecule has 0 radical (unpaired) electrons. The van der Waals surface area contributed by atoms with E-state index in [4.69, 9.17) is 0 Å². The minimum atomic E-state index is -1.84. The number of aliphatic hydroxyl groups is 2. The van der Waals surface area contributed by atoms with Crippen LogP contribution in [0.2, 0.25) is 0 Å². The highest BCUT2D eigenvalue weighted by molar-refractivity contribution is 7.23. The molecule has 0 aromatic carbocycles. The first-order chi connectivity index (χ1) is 8.53. The molecule has 0 heterocycles. The third-order valence-electron chi connectivity index (χ3n) is 2.84. The monoisotopic (exact) mass is 258 g/mol. The molecule has 92 valence electrons. The molecule has 0 fully saturated rings. The van der Waals surface area contributed by atoms with Crippen LogP contribution in [0.15, 0.2) is 71.9 Å². The lowest BCUT2D eigenvalue weighted by atomic mass is 9.91. The van der Waals surface area contributed by atoms with Crippen LogP contribution in [0.3, 0.4) is 0 Å². The van der Waals surface area contributed by atoms with Crippen LogP contribution in [0.25, 0.3) is 0 Å². The van der Waals surface area contributed by atoms with Gasteiger partial charge in [-0.05, 0) is 35.3 Å². The fraction of sp³-hybridized carbons (Fsp3) is 0.133. The topological polar surface area (TPSA) is 40.5 Å². The predicted octanol–water partition coefficient (Wildman–Crippen LogP) is 2.48. The molecule has 0 amide bonds. The summed E-state index contributed by atoms with van der Waals surface area (Å²) in [4.78, 5) is 0. The van der Waals surface area contributed by atoms with Crippen molar-refractivity contribution in [3.05, 3.63) is 71.9 Å². The van der Waals surface area contributed by atoms with E-state index in [1.54, 1.807) is 12.2 Å². The molecule has 0 bridgehead atoms. The molecule has 0 aromatic heterocycles. The van der Waals surface area contributed by atoms with Crippen molar-refractivity contribution in [2.75, 3.05) is 0 Å². The van der Waals surface area contributed by atoms with E-state index in [9.17, 15) is 10.2 Å². The highest BCUT2D eigenvalue weighted by Crippen LogP contribution is 2.26. The molecule has 0 atom stereocenters. The fourth-order valence-corrected chi connectivity index (χ4v) is 2.29. The molecule has 2 nitrogen and oxygen atoms in total. The summed E-state index contributed by atoms with van der Waals surface area (Å²) in [5.74, 6) is -1.84. The maximum atomic E-state index is 9.39. The number of allylic oxidation sites excluding steroid dienone is 9. The van der Waals surface area contributed by atoms with Gasteiger partial charge in [-0.25, -0.2) is 0 Å². The van der Waals surface area contributed by atoms with E-state index in [-0.39, 0.29) is 0 Å². The zero-order valence-corrected chi connectivity index (χ0v) is 10.9. The molecule has 2 rings (SSSR count). The average Bonchev–Trinajstić information content (AvgIpc) is 2.33. The van der Waals surface area contributed by atoms with Gasteiger partial charge in [0.25, 0.3) is 0 Å². The molecule has 2 aliphatic rings. The highest BCUT2D eigenvalue weighted by Gasteiger charge is 2.19. The zero-order valence-electron chi connectivity index (χ0n) is 9.93. The van der Waals surface area contributed by atoms with E-state index in [0.717, 1.165) is 28.4 Å². The molecule has 0 saturated carbocycles. The van der Waals surface area contributed by atoms with Gasteiger partial charge in [0.1, 0.15) is 0 Å². The summed E-state index contributed by atoms with van der Waals surface area (Å²) in [5.41, 5.74) is 3.11. The first-order valence-corrected chi connectivity index (χ1v) is 6.18. The lowest BCUT2D eigenvalue weighted by Gasteiger charge is -2.20. The van der Waals surface area contributed by atoms with Crippen LogP contribution in [0, 0.1) is 0 Å². The Kier molecular flexibility index (Phi) is 3.63. The number of hydrogen-bond acceptors (Lipinski definition) is 2. The van der Waals surface area contributed by atoms with E-state index in [1.807, 2.05) is 24.3 Å². The van der Waals surface area contributed by atoms with Crippen molar-refractivity contribution in [1.82, 2.24) is 0 Å². The Hall–Kier alpha value is -1.47. The molecule has 2 aliphatic carbocycles. The third-order valence-corrected chi connectivity index (χ3v) is 3.43. The predicted molar refractivity (Wildman–Crippen MR) is 77.8 cm³/mol. The van der Waals surface area contributed by atoms with E-state index in [2.05, 4.69) is 15.4 Å². The van der Waals surface area contributed by atoms with E-state index in [1.165, 1.54) is 12.2 Å². The van der Waals surface area contributed by atoms with Crippen molar-refractivity contribution in [2.45, 2.75) is 12.2 Å². The van der Waals surface area contributed by atoms with Crippen molar-refractivity contribution in [3.8, 4) is 0 Å². The van der Waals surface area contributed by atoms with E-state index in [0.29, 0.717) is 0 Å². The Morgan fingerprint density at radius 3 is 2.50 bits per heavy atom. The lowest BCUT2D eigenvalue weighted by molar-refractivity contribution is -0.0747. The van der Waals surface area contributed by atoms with Gasteiger partial charge in [0.2, 0.25) is 5.79 Å². The largest absolute Gasteiger partial charge is 0.359 e. The Balaban J connectivity index is 2.34. The molecule has 0 unspecified atom stereocenters. The summed E-state index contributed by atoms with van der Waals surface area (Å²) >= 11 is 0. The fourth-order valence-electron chi connectivity index (χ4n) is 1.88. The smallest absolute Gasteiger partial charge is 0.203 e. The molecule has 2 N–H and O–H groups in total. The van der Waals surface area contributed by atoms with Crippen LogP contribution < -0.4 is 0 Å². The number of hydrogen-bond donors (Lipinski definition) is 2. The quantitative estimate of drug-likeness (QED) is 0.454. The van der Waals surface area contributed by atoms with Crippen molar-refractivity contribution >= 4 is 14.2 Å². The maximum absolute atomic E-state index is 9.39. The molecule has 0 aromatic rings. The second kappa shape index (κ2) is 5.03. The second-order valence-corrected chi connectivity index (χ2v) is 4.74. The highest BCUT2D eigenvalue weighted by atomic mass is 31.0. The Morgan fingerprint density at radius 2 is 1.89 bits per heavy atom. The van der Waals surface area contributed by atoms with Gasteiger partial charge in [-0.2, -0.15) is 0 Å². The average molecular weight is 258 g/mol. The normalized spacial score (nSPS) is 21.2. The van der Waals surface area contributed by atoms with Gasteiger partial charge < -0.3 is 10.2 Å².